The van der Waals surface area contributed by atoms with Gasteiger partial charge in [0.15, 0.2) is 23.0 Å². The number of rotatable bonds is 4. The summed E-state index contributed by atoms with van der Waals surface area (Å²) in [7, 11) is 3.16. The van der Waals surface area contributed by atoms with Crippen molar-refractivity contribution in [2.45, 2.75) is 0 Å². The molecule has 0 aromatic heterocycles. The fourth-order valence-electron chi connectivity index (χ4n) is 3.06. The van der Waals surface area contributed by atoms with Gasteiger partial charge in [-0.3, -0.25) is 4.79 Å². The maximum absolute atomic E-state index is 13.0. The molecule has 27 heavy (non-hydrogen) atoms. The van der Waals surface area contributed by atoms with E-state index in [9.17, 15) is 4.79 Å². The van der Waals surface area contributed by atoms with Crippen LogP contribution >= 0.6 is 15.9 Å². The Labute approximate surface area is 164 Å². The molecule has 0 aliphatic carbocycles. The predicted octanol–water partition coefficient (Wildman–Crippen LogP) is 4.60. The molecule has 1 amide bonds. The minimum atomic E-state index is -0.300. The molecule has 0 bridgehead atoms. The first kappa shape index (κ1) is 17.5. The highest BCUT2D eigenvalue weighted by atomic mass is 79.9. The van der Waals surface area contributed by atoms with Crippen LogP contribution in [0.5, 0.6) is 23.0 Å². The Hall–Kier alpha value is -2.93. The average Bonchev–Trinajstić information content (AvgIpc) is 3.15. The standard InChI is InChI=1S/C20H16BrNO5/c1-24-16-8-11-4-3-5-14(12(11)9-17(16)25-2)22-20(23)18-13(21)6-7-15-19(18)27-10-26-15/h3-9H,10H2,1-2H3,(H,22,23). The summed E-state index contributed by atoms with van der Waals surface area (Å²) in [5, 5.41) is 4.72. The molecule has 3 aromatic carbocycles. The number of halogens is 1. The number of methoxy groups -OCH3 is 2. The molecule has 3 aromatic rings. The molecule has 0 atom stereocenters. The number of carbonyl (C=O) groups is 1. The lowest BCUT2D eigenvalue weighted by molar-refractivity contribution is 0.102. The molecular formula is C20H16BrNO5. The van der Waals surface area contributed by atoms with Crippen molar-refractivity contribution in [3.63, 3.8) is 0 Å². The number of nitrogens with one attached hydrogen (secondary N) is 1. The van der Waals surface area contributed by atoms with E-state index in [1.165, 1.54) is 0 Å². The monoisotopic (exact) mass is 429 g/mol. The Kier molecular flexibility index (Phi) is 4.53. The van der Waals surface area contributed by atoms with E-state index in [2.05, 4.69) is 21.2 Å². The third-order valence-corrected chi connectivity index (χ3v) is 5.01. The number of ether oxygens (including phenoxy) is 4. The smallest absolute Gasteiger partial charge is 0.260 e. The molecule has 4 rings (SSSR count). The third kappa shape index (κ3) is 3.04. The zero-order valence-electron chi connectivity index (χ0n) is 14.7. The third-order valence-electron chi connectivity index (χ3n) is 4.35. The van der Waals surface area contributed by atoms with Crippen molar-refractivity contribution in [1.29, 1.82) is 0 Å². The van der Waals surface area contributed by atoms with E-state index in [0.717, 1.165) is 10.8 Å². The lowest BCUT2D eigenvalue weighted by Crippen LogP contribution is -2.14. The highest BCUT2D eigenvalue weighted by Gasteiger charge is 2.25. The molecule has 1 N–H and O–H groups in total. The Morgan fingerprint density at radius 1 is 1.07 bits per heavy atom. The van der Waals surface area contributed by atoms with Crippen molar-refractivity contribution in [3.8, 4) is 23.0 Å². The van der Waals surface area contributed by atoms with Crippen molar-refractivity contribution in [3.05, 3.63) is 52.5 Å². The van der Waals surface area contributed by atoms with E-state index in [4.69, 9.17) is 18.9 Å². The first-order valence-corrected chi connectivity index (χ1v) is 8.96. The Morgan fingerprint density at radius 2 is 1.85 bits per heavy atom. The van der Waals surface area contributed by atoms with Gasteiger partial charge in [-0.05, 0) is 51.6 Å². The molecule has 0 saturated carbocycles. The summed E-state index contributed by atoms with van der Waals surface area (Å²) in [5.74, 6) is 1.90. The summed E-state index contributed by atoms with van der Waals surface area (Å²) >= 11 is 3.42. The van der Waals surface area contributed by atoms with Gasteiger partial charge in [-0.1, -0.05) is 12.1 Å². The van der Waals surface area contributed by atoms with Crippen molar-refractivity contribution in [2.75, 3.05) is 26.3 Å². The van der Waals surface area contributed by atoms with E-state index >= 15 is 0 Å². The lowest BCUT2D eigenvalue weighted by Gasteiger charge is -2.14. The van der Waals surface area contributed by atoms with E-state index in [-0.39, 0.29) is 12.7 Å². The van der Waals surface area contributed by atoms with Crippen LogP contribution in [0, 0.1) is 0 Å². The Bertz CT molecular complexity index is 1050. The summed E-state index contributed by atoms with van der Waals surface area (Å²) in [5.41, 5.74) is 1.05. The van der Waals surface area contributed by atoms with Crippen molar-refractivity contribution in [1.82, 2.24) is 0 Å². The van der Waals surface area contributed by atoms with E-state index < -0.39 is 0 Å². The van der Waals surface area contributed by atoms with Gasteiger partial charge in [0.2, 0.25) is 6.79 Å². The second kappa shape index (κ2) is 7.00. The minimum absolute atomic E-state index is 0.0946. The number of fused-ring (bicyclic) bond motifs is 2. The summed E-state index contributed by atoms with van der Waals surface area (Å²) in [6.45, 7) is 0.0946. The van der Waals surface area contributed by atoms with Gasteiger partial charge in [0.1, 0.15) is 0 Å². The maximum atomic E-state index is 13.0. The van der Waals surface area contributed by atoms with Crippen LogP contribution in [-0.2, 0) is 0 Å². The number of benzene rings is 3. The molecular weight excluding hydrogens is 414 g/mol. The fourth-order valence-corrected chi connectivity index (χ4v) is 3.55. The van der Waals surface area contributed by atoms with Gasteiger partial charge < -0.3 is 24.3 Å². The quantitative estimate of drug-likeness (QED) is 0.656. The van der Waals surface area contributed by atoms with E-state index in [1.54, 1.807) is 26.4 Å². The van der Waals surface area contributed by atoms with Gasteiger partial charge in [-0.25, -0.2) is 0 Å². The van der Waals surface area contributed by atoms with Crippen LogP contribution in [0.25, 0.3) is 10.8 Å². The van der Waals surface area contributed by atoms with Crippen LogP contribution in [0.3, 0.4) is 0 Å². The number of hydrogen-bond donors (Lipinski definition) is 1. The highest BCUT2D eigenvalue weighted by molar-refractivity contribution is 9.10. The summed E-state index contributed by atoms with van der Waals surface area (Å²) in [6, 6.07) is 12.9. The molecule has 0 radical (unpaired) electrons. The molecule has 1 heterocycles. The van der Waals surface area contributed by atoms with Crippen molar-refractivity contribution in [2.24, 2.45) is 0 Å². The van der Waals surface area contributed by atoms with Crippen LogP contribution in [-0.4, -0.2) is 26.9 Å². The van der Waals surface area contributed by atoms with E-state index in [0.29, 0.717) is 38.7 Å². The summed E-state index contributed by atoms with van der Waals surface area (Å²) in [6.07, 6.45) is 0. The first-order valence-electron chi connectivity index (χ1n) is 8.16. The SMILES string of the molecule is COc1cc2cccc(NC(=O)c3c(Br)ccc4c3OCO4)c2cc1OC. The van der Waals surface area contributed by atoms with Crippen molar-refractivity contribution >= 4 is 38.3 Å². The van der Waals surface area contributed by atoms with Gasteiger partial charge in [0.05, 0.1) is 19.8 Å². The van der Waals surface area contributed by atoms with Crippen LogP contribution in [0.2, 0.25) is 0 Å². The predicted molar refractivity (Wildman–Crippen MR) is 105 cm³/mol. The fraction of sp³-hybridized carbons (Fsp3) is 0.150. The topological polar surface area (TPSA) is 66.0 Å². The molecule has 0 saturated heterocycles. The highest BCUT2D eigenvalue weighted by Crippen LogP contribution is 2.40. The maximum Gasteiger partial charge on any atom is 0.260 e. The largest absolute Gasteiger partial charge is 0.493 e. The van der Waals surface area contributed by atoms with Crippen LogP contribution in [0.15, 0.2) is 46.9 Å². The number of anilines is 1. The molecule has 0 unspecified atom stereocenters. The molecule has 0 fully saturated rings. The summed E-state index contributed by atoms with van der Waals surface area (Å²) in [4.78, 5) is 13.0. The summed E-state index contributed by atoms with van der Waals surface area (Å²) < 4.78 is 22.2. The molecule has 0 spiro atoms. The molecule has 1 aliphatic heterocycles. The molecule has 138 valence electrons. The van der Waals surface area contributed by atoms with Gasteiger partial charge in [0.25, 0.3) is 5.91 Å². The minimum Gasteiger partial charge on any atom is -0.493 e. The first-order chi connectivity index (χ1) is 13.1. The number of carbonyl (C=O) groups excluding carboxylic acids is 1. The molecule has 6 nitrogen and oxygen atoms in total. The van der Waals surface area contributed by atoms with Crippen LogP contribution in [0.4, 0.5) is 5.69 Å². The normalized spacial score (nSPS) is 12.1. The zero-order valence-corrected chi connectivity index (χ0v) is 16.3. The lowest BCUT2D eigenvalue weighted by atomic mass is 10.1. The molecule has 7 heteroatoms. The average molecular weight is 430 g/mol. The van der Waals surface area contributed by atoms with Gasteiger partial charge in [0, 0.05) is 15.5 Å². The molecule has 1 aliphatic rings. The van der Waals surface area contributed by atoms with Gasteiger partial charge in [-0.2, -0.15) is 0 Å². The van der Waals surface area contributed by atoms with Gasteiger partial charge in [-0.15, -0.1) is 0 Å². The number of amides is 1. The zero-order chi connectivity index (χ0) is 19.0. The Balaban J connectivity index is 1.76. The van der Waals surface area contributed by atoms with Crippen LogP contribution in [0.1, 0.15) is 10.4 Å². The van der Waals surface area contributed by atoms with Crippen LogP contribution < -0.4 is 24.3 Å². The second-order valence-electron chi connectivity index (χ2n) is 5.84. The number of hydrogen-bond acceptors (Lipinski definition) is 5. The van der Waals surface area contributed by atoms with E-state index in [1.807, 2.05) is 30.3 Å². The van der Waals surface area contributed by atoms with Crippen molar-refractivity contribution < 1.29 is 23.7 Å². The van der Waals surface area contributed by atoms with Gasteiger partial charge >= 0.3 is 0 Å². The Morgan fingerprint density at radius 3 is 2.63 bits per heavy atom. The second-order valence-corrected chi connectivity index (χ2v) is 6.70.